The number of hydrogen-bond donors (Lipinski definition) is 4. The molecule has 0 amide bonds. The number of hydrogen-bond acceptors (Lipinski definition) is 7. The fourth-order valence-corrected chi connectivity index (χ4v) is 4.10. The van der Waals surface area contributed by atoms with Crippen LogP contribution in [0, 0.1) is 0 Å². The van der Waals surface area contributed by atoms with Crippen molar-refractivity contribution in [3.8, 4) is 5.75 Å². The van der Waals surface area contributed by atoms with Crippen molar-refractivity contribution in [3.63, 3.8) is 0 Å². The molecular weight excluding hydrogens is 438 g/mol. The summed E-state index contributed by atoms with van der Waals surface area (Å²) in [5.74, 6) is -1.07. The average Bonchev–Trinajstić information content (AvgIpc) is 2.84. The number of aryl methyl sites for hydroxylation is 2. The van der Waals surface area contributed by atoms with Crippen molar-refractivity contribution < 1.29 is 34.7 Å². The molecule has 1 aliphatic heterocycles. The minimum absolute atomic E-state index is 0.372. The second-order valence-electron chi connectivity index (χ2n) is 8.62. The lowest BCUT2D eigenvalue weighted by Crippen LogP contribution is -2.61. The highest BCUT2D eigenvalue weighted by Crippen LogP contribution is 2.25. The number of carbonyl (C=O) groups is 1. The Hall–Kier alpha value is -2.49. The Kier molecular flexibility index (Phi) is 9.86. The normalized spacial score (nSPS) is 24.8. The Morgan fingerprint density at radius 1 is 0.882 bits per heavy atom. The number of benzene rings is 2. The molecule has 2 aromatic carbocycles. The van der Waals surface area contributed by atoms with Gasteiger partial charge in [0.1, 0.15) is 24.1 Å². The fraction of sp³-hybridized carbons (Fsp3) is 0.500. The maximum absolute atomic E-state index is 11.2. The minimum atomic E-state index is -1.74. The molecule has 0 aromatic heterocycles. The maximum Gasteiger partial charge on any atom is 0.335 e. The SMILES string of the molecule is CCN(CCCc1ccccc1)CCCc1ccc(OC2OC(C(=O)O)C(O)C(O)C2O)cc1. The molecule has 0 saturated carbocycles. The van der Waals surface area contributed by atoms with Gasteiger partial charge in [0.15, 0.2) is 6.10 Å². The predicted octanol–water partition coefficient (Wildman–Crippen LogP) is 1.84. The van der Waals surface area contributed by atoms with E-state index in [1.54, 1.807) is 12.1 Å². The van der Waals surface area contributed by atoms with Crippen LogP contribution >= 0.6 is 0 Å². The third-order valence-corrected chi connectivity index (χ3v) is 6.16. The number of nitrogens with zero attached hydrogens (tertiary/aromatic N) is 1. The number of rotatable bonds is 12. The van der Waals surface area contributed by atoms with Crippen molar-refractivity contribution >= 4 is 5.97 Å². The molecule has 3 rings (SSSR count). The van der Waals surface area contributed by atoms with E-state index >= 15 is 0 Å². The van der Waals surface area contributed by atoms with Gasteiger partial charge in [0, 0.05) is 0 Å². The quantitative estimate of drug-likeness (QED) is 0.369. The van der Waals surface area contributed by atoms with E-state index in [2.05, 4.69) is 36.1 Å². The first-order valence-electron chi connectivity index (χ1n) is 11.8. The highest BCUT2D eigenvalue weighted by Gasteiger charge is 2.48. The van der Waals surface area contributed by atoms with Crippen LogP contribution in [-0.2, 0) is 22.4 Å². The number of aliphatic hydroxyl groups is 3. The van der Waals surface area contributed by atoms with Crippen LogP contribution in [0.5, 0.6) is 5.75 Å². The lowest BCUT2D eigenvalue weighted by atomic mass is 9.99. The van der Waals surface area contributed by atoms with Crippen molar-refractivity contribution in [2.24, 2.45) is 0 Å². The van der Waals surface area contributed by atoms with E-state index in [1.807, 2.05) is 18.2 Å². The Labute approximate surface area is 200 Å². The van der Waals surface area contributed by atoms with Crippen LogP contribution in [0.15, 0.2) is 54.6 Å². The van der Waals surface area contributed by atoms with Crippen LogP contribution in [-0.4, -0.2) is 81.6 Å². The van der Waals surface area contributed by atoms with Crippen LogP contribution in [0.4, 0.5) is 0 Å². The van der Waals surface area contributed by atoms with E-state index in [-0.39, 0.29) is 0 Å². The molecule has 5 unspecified atom stereocenters. The number of ether oxygens (including phenoxy) is 2. The second-order valence-corrected chi connectivity index (χ2v) is 8.62. The second kappa shape index (κ2) is 12.8. The first kappa shape index (κ1) is 26.1. The number of carboxylic acids is 1. The van der Waals surface area contributed by atoms with Crippen molar-refractivity contribution in [1.29, 1.82) is 0 Å². The molecule has 186 valence electrons. The summed E-state index contributed by atoms with van der Waals surface area (Å²) in [6.07, 6.45) is -3.94. The predicted molar refractivity (Wildman–Crippen MR) is 127 cm³/mol. The highest BCUT2D eigenvalue weighted by molar-refractivity contribution is 5.73. The summed E-state index contributed by atoms with van der Waals surface area (Å²) in [5.41, 5.74) is 2.51. The number of carboxylic acid groups (broad SMARTS) is 1. The first-order chi connectivity index (χ1) is 16.4. The maximum atomic E-state index is 11.2. The fourth-order valence-electron chi connectivity index (χ4n) is 4.10. The van der Waals surface area contributed by atoms with Gasteiger partial charge in [-0.3, -0.25) is 0 Å². The van der Waals surface area contributed by atoms with Crippen LogP contribution < -0.4 is 4.74 Å². The van der Waals surface area contributed by atoms with Gasteiger partial charge in [-0.2, -0.15) is 0 Å². The molecule has 0 radical (unpaired) electrons. The van der Waals surface area contributed by atoms with E-state index in [4.69, 9.17) is 14.6 Å². The molecule has 1 saturated heterocycles. The van der Waals surface area contributed by atoms with E-state index < -0.39 is 36.7 Å². The lowest BCUT2D eigenvalue weighted by Gasteiger charge is -2.38. The molecule has 1 aliphatic rings. The lowest BCUT2D eigenvalue weighted by molar-refractivity contribution is -0.271. The van der Waals surface area contributed by atoms with Crippen molar-refractivity contribution in [2.45, 2.75) is 63.3 Å². The number of aliphatic hydroxyl groups excluding tert-OH is 3. The molecule has 1 heterocycles. The summed E-state index contributed by atoms with van der Waals surface area (Å²) >= 11 is 0. The van der Waals surface area contributed by atoms with Gasteiger partial charge in [-0.15, -0.1) is 0 Å². The Morgan fingerprint density at radius 2 is 1.47 bits per heavy atom. The molecule has 5 atom stereocenters. The zero-order valence-electron chi connectivity index (χ0n) is 19.5. The van der Waals surface area contributed by atoms with Gasteiger partial charge in [0.05, 0.1) is 0 Å². The van der Waals surface area contributed by atoms with Crippen LogP contribution in [0.1, 0.15) is 30.9 Å². The van der Waals surface area contributed by atoms with E-state index in [0.717, 1.165) is 50.9 Å². The summed E-state index contributed by atoms with van der Waals surface area (Å²) in [6, 6.07) is 17.8. The smallest absolute Gasteiger partial charge is 0.335 e. The average molecular weight is 474 g/mol. The minimum Gasteiger partial charge on any atom is -0.479 e. The van der Waals surface area contributed by atoms with Gasteiger partial charge in [-0.05, 0) is 68.6 Å². The first-order valence-corrected chi connectivity index (χ1v) is 11.8. The van der Waals surface area contributed by atoms with E-state index in [9.17, 15) is 20.1 Å². The zero-order valence-corrected chi connectivity index (χ0v) is 19.5. The van der Waals surface area contributed by atoms with Crippen molar-refractivity contribution in [3.05, 3.63) is 65.7 Å². The molecule has 0 spiro atoms. The molecule has 8 nitrogen and oxygen atoms in total. The molecule has 4 N–H and O–H groups in total. The van der Waals surface area contributed by atoms with Gasteiger partial charge in [0.25, 0.3) is 0 Å². The summed E-state index contributed by atoms with van der Waals surface area (Å²) in [7, 11) is 0. The van der Waals surface area contributed by atoms with Crippen LogP contribution in [0.3, 0.4) is 0 Å². The van der Waals surface area contributed by atoms with Crippen molar-refractivity contribution in [1.82, 2.24) is 4.90 Å². The molecule has 8 heteroatoms. The van der Waals surface area contributed by atoms with E-state index in [0.29, 0.717) is 5.75 Å². The van der Waals surface area contributed by atoms with Gasteiger partial charge < -0.3 is 34.8 Å². The number of aliphatic carboxylic acids is 1. The Bertz CT molecular complexity index is 876. The monoisotopic (exact) mass is 473 g/mol. The van der Waals surface area contributed by atoms with Crippen LogP contribution in [0.2, 0.25) is 0 Å². The van der Waals surface area contributed by atoms with Gasteiger partial charge in [-0.25, -0.2) is 4.79 Å². The van der Waals surface area contributed by atoms with Gasteiger partial charge in [0.2, 0.25) is 6.29 Å². The standard InChI is InChI=1S/C26H35NO7/c1-2-27(16-6-10-18-8-4-3-5-9-18)17-7-11-19-12-14-20(15-13-19)33-26-23(30)21(28)22(29)24(34-26)25(31)32/h3-5,8-9,12-15,21-24,26,28-30H,2,6-7,10-11,16-17H2,1H3,(H,31,32). The molecule has 34 heavy (non-hydrogen) atoms. The van der Waals surface area contributed by atoms with E-state index in [1.165, 1.54) is 5.56 Å². The highest BCUT2D eigenvalue weighted by atomic mass is 16.7. The third kappa shape index (κ3) is 7.25. The topological polar surface area (TPSA) is 120 Å². The van der Waals surface area contributed by atoms with Gasteiger partial charge >= 0.3 is 5.97 Å². The summed E-state index contributed by atoms with van der Waals surface area (Å²) in [4.78, 5) is 13.7. The third-order valence-electron chi connectivity index (χ3n) is 6.16. The van der Waals surface area contributed by atoms with Gasteiger partial charge in [-0.1, -0.05) is 49.4 Å². The molecular formula is C26H35NO7. The summed E-state index contributed by atoms with van der Waals surface area (Å²) in [5, 5.41) is 38.9. The Morgan fingerprint density at radius 3 is 2.03 bits per heavy atom. The summed E-state index contributed by atoms with van der Waals surface area (Å²) < 4.78 is 10.7. The molecule has 0 aliphatic carbocycles. The largest absolute Gasteiger partial charge is 0.479 e. The van der Waals surface area contributed by atoms with Crippen LogP contribution in [0.25, 0.3) is 0 Å². The zero-order chi connectivity index (χ0) is 24.5. The molecule has 2 aromatic rings. The molecule has 0 bridgehead atoms. The van der Waals surface area contributed by atoms with Crippen molar-refractivity contribution in [2.75, 3.05) is 19.6 Å². The summed E-state index contributed by atoms with van der Waals surface area (Å²) in [6.45, 7) is 5.28. The molecule has 1 fully saturated rings. The Balaban J connectivity index is 1.43.